The summed E-state index contributed by atoms with van der Waals surface area (Å²) in [6.07, 6.45) is 0.735. The van der Waals surface area contributed by atoms with E-state index in [1.807, 2.05) is 24.3 Å². The zero-order chi connectivity index (χ0) is 26.7. The maximum atomic E-state index is 14.6. The summed E-state index contributed by atoms with van der Waals surface area (Å²) >= 11 is 0. The number of aryl methyl sites for hydroxylation is 2. The molecule has 4 aromatic rings. The van der Waals surface area contributed by atoms with E-state index in [9.17, 15) is 30.7 Å². The number of allylic oxidation sites excluding steroid dienone is 1. The molecule has 0 radical (unpaired) electrons. The van der Waals surface area contributed by atoms with E-state index in [0.29, 0.717) is 30.5 Å². The molecule has 0 aromatic heterocycles. The lowest BCUT2D eigenvalue weighted by atomic mass is 9.97. The molecule has 0 atom stereocenters. The van der Waals surface area contributed by atoms with Crippen LogP contribution in [0.3, 0.4) is 0 Å². The molecular weight excluding hydrogens is 493 g/mol. The molecule has 0 saturated heterocycles. The van der Waals surface area contributed by atoms with Gasteiger partial charge in [-0.15, -0.1) is 0 Å². The van der Waals surface area contributed by atoms with Gasteiger partial charge in [0.05, 0.1) is 5.56 Å². The second kappa shape index (κ2) is 11.0. The van der Waals surface area contributed by atoms with E-state index in [0.717, 1.165) is 28.8 Å². The first-order valence-corrected chi connectivity index (χ1v) is 11.5. The van der Waals surface area contributed by atoms with Crippen molar-refractivity contribution in [3.63, 3.8) is 0 Å². The molecule has 0 fully saturated rings. The third-order valence-electron chi connectivity index (χ3n) is 6.05. The second-order valence-electron chi connectivity index (χ2n) is 8.54. The highest BCUT2D eigenvalue weighted by atomic mass is 19.2. The topological polar surface area (TPSA) is 0 Å². The number of hydrogen-bond donors (Lipinski definition) is 0. The molecule has 7 heteroatoms. The van der Waals surface area contributed by atoms with Gasteiger partial charge in [-0.2, -0.15) is 0 Å². The molecule has 0 bridgehead atoms. The van der Waals surface area contributed by atoms with E-state index >= 15 is 0 Å². The third kappa shape index (κ3) is 5.77. The largest absolute Gasteiger partial charge is 0.209 e. The monoisotopic (exact) mass is 514 g/mol. The molecule has 0 saturated carbocycles. The lowest BCUT2D eigenvalue weighted by Crippen LogP contribution is -1.99. The van der Waals surface area contributed by atoms with Crippen LogP contribution in [0.2, 0.25) is 0 Å². The van der Waals surface area contributed by atoms with Gasteiger partial charge < -0.3 is 0 Å². The van der Waals surface area contributed by atoms with Gasteiger partial charge in [-0.25, -0.2) is 30.7 Å². The normalized spacial score (nSPS) is 12.0. The molecule has 0 aliphatic heterocycles. The highest BCUT2D eigenvalue weighted by Crippen LogP contribution is 2.31. The van der Waals surface area contributed by atoms with E-state index < -0.39 is 51.9 Å². The maximum Gasteiger partial charge on any atom is 0.194 e. The summed E-state index contributed by atoms with van der Waals surface area (Å²) in [4.78, 5) is 0. The smallest absolute Gasteiger partial charge is 0.194 e. The van der Waals surface area contributed by atoms with Crippen LogP contribution in [-0.4, -0.2) is 0 Å². The lowest BCUT2D eigenvalue weighted by Gasteiger charge is -2.10. The van der Waals surface area contributed by atoms with E-state index in [2.05, 4.69) is 0 Å². The summed E-state index contributed by atoms with van der Waals surface area (Å²) in [5.74, 6) is -8.48. The van der Waals surface area contributed by atoms with Crippen molar-refractivity contribution in [2.45, 2.75) is 26.2 Å². The van der Waals surface area contributed by atoms with Crippen LogP contribution in [0.15, 0.2) is 78.6 Å². The predicted octanol–water partition coefficient (Wildman–Crippen LogP) is 9.52. The van der Waals surface area contributed by atoms with Crippen molar-refractivity contribution in [2.24, 2.45) is 0 Å². The first-order valence-electron chi connectivity index (χ1n) is 11.5. The van der Waals surface area contributed by atoms with Crippen LogP contribution >= 0.6 is 0 Å². The molecule has 0 aliphatic carbocycles. The number of rotatable bonds is 7. The summed E-state index contributed by atoms with van der Waals surface area (Å²) in [5.41, 5.74) is 2.01. The van der Waals surface area contributed by atoms with E-state index in [1.165, 1.54) is 19.1 Å². The predicted molar refractivity (Wildman–Crippen MR) is 130 cm³/mol. The highest BCUT2D eigenvalue weighted by molar-refractivity contribution is 5.69. The van der Waals surface area contributed by atoms with Crippen LogP contribution in [0.25, 0.3) is 28.1 Å². The van der Waals surface area contributed by atoms with Gasteiger partial charge in [-0.05, 0) is 71.3 Å². The summed E-state index contributed by atoms with van der Waals surface area (Å²) in [6.45, 7) is 1.53. The van der Waals surface area contributed by atoms with Crippen molar-refractivity contribution in [1.82, 2.24) is 0 Å². The van der Waals surface area contributed by atoms with Gasteiger partial charge >= 0.3 is 0 Å². The zero-order valence-corrected chi connectivity index (χ0v) is 19.7. The average Bonchev–Trinajstić information content (AvgIpc) is 2.89. The van der Waals surface area contributed by atoms with Crippen molar-refractivity contribution in [1.29, 1.82) is 0 Å². The van der Waals surface area contributed by atoms with E-state index in [4.69, 9.17) is 0 Å². The Morgan fingerprint density at radius 1 is 0.568 bits per heavy atom. The minimum Gasteiger partial charge on any atom is -0.209 e. The molecule has 4 rings (SSSR count). The number of halogens is 7. The Hall–Kier alpha value is -3.87. The summed E-state index contributed by atoms with van der Waals surface area (Å²) in [7, 11) is 0. The Morgan fingerprint density at radius 2 is 1.05 bits per heavy atom. The van der Waals surface area contributed by atoms with Gasteiger partial charge in [0.1, 0.15) is 17.5 Å². The van der Waals surface area contributed by atoms with Gasteiger partial charge in [0.25, 0.3) is 0 Å². The van der Waals surface area contributed by atoms with Crippen LogP contribution in [-0.2, 0) is 12.8 Å². The molecule has 0 N–H and O–H groups in total. The van der Waals surface area contributed by atoms with Crippen molar-refractivity contribution in [3.8, 4) is 22.3 Å². The summed E-state index contributed by atoms with van der Waals surface area (Å²) in [5, 5.41) is 0. The van der Waals surface area contributed by atoms with E-state index in [-0.39, 0.29) is 12.0 Å². The Balaban J connectivity index is 1.46. The summed E-state index contributed by atoms with van der Waals surface area (Å²) in [6, 6.07) is 17.1. The standard InChI is InChI=1S/C30H21F7/c1-2-23(31)29(36)21-11-9-20(10-12-21)19-7-5-17(6-8-19)3-4-18-13-24(32)28(25(33)14-18)22-15-26(34)30(37)27(35)16-22/h5-16H,2-4H2,1H3/b29-23+. The zero-order valence-electron chi connectivity index (χ0n) is 19.7. The number of benzene rings is 4. The molecule has 4 aromatic carbocycles. The Kier molecular flexibility index (Phi) is 7.81. The van der Waals surface area contributed by atoms with Gasteiger partial charge in [-0.1, -0.05) is 55.5 Å². The van der Waals surface area contributed by atoms with E-state index in [1.54, 1.807) is 12.1 Å². The molecule has 37 heavy (non-hydrogen) atoms. The molecule has 0 nitrogen and oxygen atoms in total. The molecule has 0 spiro atoms. The van der Waals surface area contributed by atoms with Crippen LogP contribution in [0.4, 0.5) is 30.7 Å². The second-order valence-corrected chi connectivity index (χ2v) is 8.54. The average molecular weight is 514 g/mol. The van der Waals surface area contributed by atoms with Gasteiger partial charge in [-0.3, -0.25) is 0 Å². The van der Waals surface area contributed by atoms with Crippen LogP contribution in [0.5, 0.6) is 0 Å². The molecule has 0 heterocycles. The molecule has 0 aliphatic rings. The number of hydrogen-bond acceptors (Lipinski definition) is 0. The molecule has 190 valence electrons. The van der Waals surface area contributed by atoms with Crippen molar-refractivity contribution in [2.75, 3.05) is 0 Å². The fourth-order valence-corrected chi connectivity index (χ4v) is 4.02. The third-order valence-corrected chi connectivity index (χ3v) is 6.05. The first kappa shape index (κ1) is 26.2. The van der Waals surface area contributed by atoms with Crippen LogP contribution in [0, 0.1) is 29.1 Å². The quantitative estimate of drug-likeness (QED) is 0.170. The SMILES string of the molecule is CC/C(F)=C(\F)c1ccc(-c2ccc(CCc3cc(F)c(-c4cc(F)c(F)c(F)c4)c(F)c3)cc2)cc1. The lowest BCUT2D eigenvalue weighted by molar-refractivity contribution is 0.447. The Bertz CT molecular complexity index is 1410. The maximum absolute atomic E-state index is 14.6. The molecule has 0 amide bonds. The first-order chi connectivity index (χ1) is 17.7. The van der Waals surface area contributed by atoms with Crippen molar-refractivity contribution >= 4 is 5.83 Å². The molecule has 0 unspecified atom stereocenters. The minimum atomic E-state index is -1.71. The molecular formula is C30H21F7. The Labute approximate surface area is 209 Å². The van der Waals surface area contributed by atoms with Crippen LogP contribution in [0.1, 0.15) is 30.0 Å². The highest BCUT2D eigenvalue weighted by Gasteiger charge is 2.18. The van der Waals surface area contributed by atoms with Gasteiger partial charge in [0, 0.05) is 5.56 Å². The summed E-state index contributed by atoms with van der Waals surface area (Å²) < 4.78 is 97.0. The van der Waals surface area contributed by atoms with Gasteiger partial charge in [0.15, 0.2) is 23.3 Å². The van der Waals surface area contributed by atoms with Gasteiger partial charge in [0.2, 0.25) is 0 Å². The minimum absolute atomic E-state index is 0.0211. The fraction of sp³-hybridized carbons (Fsp3) is 0.133. The Morgan fingerprint density at radius 3 is 1.57 bits per heavy atom. The fourth-order valence-electron chi connectivity index (χ4n) is 4.02. The van der Waals surface area contributed by atoms with Crippen molar-refractivity contribution < 1.29 is 30.7 Å². The van der Waals surface area contributed by atoms with Crippen LogP contribution < -0.4 is 0 Å². The van der Waals surface area contributed by atoms with Crippen molar-refractivity contribution in [3.05, 3.63) is 124 Å².